The third kappa shape index (κ3) is 3.11. The van der Waals surface area contributed by atoms with E-state index in [0.717, 1.165) is 54.4 Å². The molecule has 0 bridgehead atoms. The first-order valence-electron chi connectivity index (χ1n) is 9.34. The number of rotatable bonds is 5. The number of unbranched alkanes of at least 4 members (excludes halogenated alkanes) is 1. The molecule has 0 spiro atoms. The summed E-state index contributed by atoms with van der Waals surface area (Å²) in [6.45, 7) is 5.48. The number of aromatic amines is 1. The molecule has 1 fully saturated rings. The van der Waals surface area contributed by atoms with Crippen molar-refractivity contribution in [2.75, 3.05) is 19.6 Å². The summed E-state index contributed by atoms with van der Waals surface area (Å²) in [5.41, 5.74) is 1.99. The van der Waals surface area contributed by atoms with E-state index in [9.17, 15) is 5.26 Å². The number of fused-ring (bicyclic) bond motifs is 3. The highest BCUT2D eigenvalue weighted by Gasteiger charge is 2.24. The van der Waals surface area contributed by atoms with Crippen LogP contribution in [0.5, 0.6) is 5.75 Å². The maximum atomic E-state index is 9.53. The number of likely N-dealkylation sites (tertiary alicyclic amines) is 1. The zero-order chi connectivity index (χ0) is 17.9. The lowest BCUT2D eigenvalue weighted by Crippen LogP contribution is -2.38. The Morgan fingerprint density at radius 3 is 2.96 bits per heavy atom. The molecule has 4 heterocycles. The van der Waals surface area contributed by atoms with Gasteiger partial charge in [0.2, 0.25) is 0 Å². The summed E-state index contributed by atoms with van der Waals surface area (Å²) < 4.78 is 6.35. The number of nitrogens with one attached hydrogen (secondary N) is 1. The normalized spacial score (nSPS) is 16.2. The molecule has 0 unspecified atom stereocenters. The molecule has 1 saturated heterocycles. The zero-order valence-corrected chi connectivity index (χ0v) is 15.0. The molecule has 0 amide bonds. The highest BCUT2D eigenvalue weighted by molar-refractivity contribution is 6.09. The van der Waals surface area contributed by atoms with Gasteiger partial charge in [-0.2, -0.15) is 5.26 Å². The predicted molar refractivity (Wildman–Crippen MR) is 101 cm³/mol. The third-order valence-corrected chi connectivity index (χ3v) is 5.12. The van der Waals surface area contributed by atoms with Crippen molar-refractivity contribution in [1.29, 1.82) is 5.26 Å². The standard InChI is InChI=1S/C20H23N5O/c1-2-3-9-25-10-6-14(7-11-25)26-19-16(12-21)23-13-17-18(19)15-5-4-8-22-20(15)24-17/h4-5,8,13-14H,2-3,6-7,9-11H2,1H3,(H,22,24). The monoisotopic (exact) mass is 349 g/mol. The van der Waals surface area contributed by atoms with E-state index in [1.54, 1.807) is 12.4 Å². The minimum Gasteiger partial charge on any atom is -0.487 e. The van der Waals surface area contributed by atoms with Gasteiger partial charge in [0.05, 0.1) is 17.1 Å². The van der Waals surface area contributed by atoms with Gasteiger partial charge in [-0.25, -0.2) is 9.97 Å². The Labute approximate surface area is 152 Å². The topological polar surface area (TPSA) is 77.8 Å². The van der Waals surface area contributed by atoms with Crippen molar-refractivity contribution >= 4 is 21.9 Å². The Kier molecular flexibility index (Phi) is 4.72. The minimum atomic E-state index is 0.119. The molecular formula is C20H23N5O. The highest BCUT2D eigenvalue weighted by atomic mass is 16.5. The zero-order valence-electron chi connectivity index (χ0n) is 15.0. The lowest BCUT2D eigenvalue weighted by Gasteiger charge is -2.32. The predicted octanol–water partition coefficient (Wildman–Crippen LogP) is 3.63. The summed E-state index contributed by atoms with van der Waals surface area (Å²) in [6, 6.07) is 6.09. The van der Waals surface area contributed by atoms with Gasteiger partial charge in [0.25, 0.3) is 0 Å². The van der Waals surface area contributed by atoms with Crippen LogP contribution < -0.4 is 4.74 Å². The van der Waals surface area contributed by atoms with Crippen molar-refractivity contribution in [1.82, 2.24) is 19.9 Å². The van der Waals surface area contributed by atoms with E-state index in [4.69, 9.17) is 4.74 Å². The van der Waals surface area contributed by atoms with Crippen LogP contribution in [0.2, 0.25) is 0 Å². The molecule has 3 aromatic rings. The molecule has 1 aliphatic heterocycles. The van der Waals surface area contributed by atoms with E-state index in [1.807, 2.05) is 12.1 Å². The molecule has 0 saturated carbocycles. The molecular weight excluding hydrogens is 326 g/mol. The Morgan fingerprint density at radius 1 is 1.35 bits per heavy atom. The summed E-state index contributed by atoms with van der Waals surface area (Å²) in [5, 5.41) is 11.4. The molecule has 0 atom stereocenters. The second-order valence-corrected chi connectivity index (χ2v) is 6.87. The van der Waals surface area contributed by atoms with Gasteiger partial charge in [0.15, 0.2) is 11.4 Å². The largest absolute Gasteiger partial charge is 0.487 e. The fraction of sp³-hybridized carbons (Fsp3) is 0.450. The lowest BCUT2D eigenvalue weighted by molar-refractivity contribution is 0.101. The summed E-state index contributed by atoms with van der Waals surface area (Å²) in [4.78, 5) is 14.4. The fourth-order valence-electron chi connectivity index (χ4n) is 3.68. The quantitative estimate of drug-likeness (QED) is 0.761. The molecule has 1 N–H and O–H groups in total. The van der Waals surface area contributed by atoms with E-state index in [0.29, 0.717) is 11.4 Å². The van der Waals surface area contributed by atoms with Crippen molar-refractivity contribution in [3.63, 3.8) is 0 Å². The van der Waals surface area contributed by atoms with Gasteiger partial charge >= 0.3 is 0 Å². The molecule has 1 aliphatic rings. The van der Waals surface area contributed by atoms with E-state index < -0.39 is 0 Å². The Hall–Kier alpha value is -2.65. The first-order valence-corrected chi connectivity index (χ1v) is 9.34. The smallest absolute Gasteiger partial charge is 0.183 e. The number of nitriles is 1. The third-order valence-electron chi connectivity index (χ3n) is 5.12. The maximum absolute atomic E-state index is 9.53. The maximum Gasteiger partial charge on any atom is 0.183 e. The average molecular weight is 349 g/mol. The second kappa shape index (κ2) is 7.30. The Bertz CT molecular complexity index is 950. The van der Waals surface area contributed by atoms with E-state index in [-0.39, 0.29) is 6.10 Å². The van der Waals surface area contributed by atoms with Crippen LogP contribution in [0.4, 0.5) is 0 Å². The Morgan fingerprint density at radius 2 is 2.19 bits per heavy atom. The molecule has 4 rings (SSSR count). The van der Waals surface area contributed by atoms with Crippen LogP contribution >= 0.6 is 0 Å². The molecule has 6 heteroatoms. The first kappa shape index (κ1) is 16.8. The van der Waals surface area contributed by atoms with Gasteiger partial charge in [-0.1, -0.05) is 13.3 Å². The van der Waals surface area contributed by atoms with Gasteiger partial charge in [0, 0.05) is 24.7 Å². The molecule has 26 heavy (non-hydrogen) atoms. The highest BCUT2D eigenvalue weighted by Crippen LogP contribution is 2.35. The molecule has 6 nitrogen and oxygen atoms in total. The van der Waals surface area contributed by atoms with Gasteiger partial charge in [-0.15, -0.1) is 0 Å². The molecule has 3 aromatic heterocycles. The number of nitrogens with zero attached hydrogens (tertiary/aromatic N) is 4. The van der Waals surface area contributed by atoms with Crippen LogP contribution in [-0.2, 0) is 0 Å². The van der Waals surface area contributed by atoms with Crippen LogP contribution in [0.25, 0.3) is 21.9 Å². The fourth-order valence-corrected chi connectivity index (χ4v) is 3.68. The van der Waals surface area contributed by atoms with Crippen LogP contribution in [-0.4, -0.2) is 45.6 Å². The van der Waals surface area contributed by atoms with E-state index in [2.05, 4.69) is 32.8 Å². The number of H-pyrrole nitrogens is 1. The van der Waals surface area contributed by atoms with Gasteiger partial charge in [-0.05, 0) is 37.9 Å². The molecule has 0 aromatic carbocycles. The lowest BCUT2D eigenvalue weighted by atomic mass is 10.1. The second-order valence-electron chi connectivity index (χ2n) is 6.87. The van der Waals surface area contributed by atoms with Crippen LogP contribution in [0.15, 0.2) is 24.5 Å². The summed E-state index contributed by atoms with van der Waals surface area (Å²) in [6.07, 6.45) is 7.99. The van der Waals surface area contributed by atoms with Crippen molar-refractivity contribution in [2.24, 2.45) is 0 Å². The SMILES string of the molecule is CCCCN1CCC(Oc2c(C#N)ncc3[nH]c4ncccc4c23)CC1. The number of aromatic nitrogens is 3. The van der Waals surface area contributed by atoms with Crippen LogP contribution in [0.3, 0.4) is 0 Å². The van der Waals surface area contributed by atoms with Crippen LogP contribution in [0.1, 0.15) is 38.3 Å². The van der Waals surface area contributed by atoms with Crippen molar-refractivity contribution in [3.8, 4) is 11.8 Å². The summed E-state index contributed by atoms with van der Waals surface area (Å²) in [7, 11) is 0. The van der Waals surface area contributed by atoms with Gasteiger partial charge in [0.1, 0.15) is 17.8 Å². The molecule has 0 aliphatic carbocycles. The number of hydrogen-bond donors (Lipinski definition) is 1. The Balaban J connectivity index is 1.63. The molecule has 0 radical (unpaired) electrons. The number of hydrogen-bond acceptors (Lipinski definition) is 5. The van der Waals surface area contributed by atoms with Gasteiger partial charge < -0.3 is 14.6 Å². The van der Waals surface area contributed by atoms with Crippen molar-refractivity contribution in [3.05, 3.63) is 30.2 Å². The van der Waals surface area contributed by atoms with Crippen molar-refractivity contribution < 1.29 is 4.74 Å². The first-order chi connectivity index (χ1) is 12.8. The number of pyridine rings is 2. The molecule has 134 valence electrons. The van der Waals surface area contributed by atoms with Crippen LogP contribution in [0, 0.1) is 11.3 Å². The summed E-state index contributed by atoms with van der Waals surface area (Å²) >= 11 is 0. The van der Waals surface area contributed by atoms with Crippen molar-refractivity contribution in [2.45, 2.75) is 38.7 Å². The number of ether oxygens (including phenoxy) is 1. The minimum absolute atomic E-state index is 0.119. The summed E-state index contributed by atoms with van der Waals surface area (Å²) in [5.74, 6) is 0.594. The van der Waals surface area contributed by atoms with E-state index >= 15 is 0 Å². The van der Waals surface area contributed by atoms with Gasteiger partial charge in [-0.3, -0.25) is 0 Å². The van der Waals surface area contributed by atoms with E-state index in [1.165, 1.54) is 12.8 Å². The number of piperidine rings is 1. The average Bonchev–Trinajstić information content (AvgIpc) is 3.06.